The fourth-order valence-corrected chi connectivity index (χ4v) is 3.92. The Kier molecular flexibility index (Phi) is 7.04. The highest BCUT2D eigenvalue weighted by atomic mass is 35.5. The molecule has 8 heteroatoms. The molecule has 0 radical (unpaired) electrons. The van der Waals surface area contributed by atoms with Crippen molar-refractivity contribution in [1.29, 1.82) is 0 Å². The molecule has 0 spiro atoms. The zero-order chi connectivity index (χ0) is 18.6. The molecule has 4 rings (SSSR count). The third kappa shape index (κ3) is 4.71. The predicted octanol–water partition coefficient (Wildman–Crippen LogP) is 3.25. The van der Waals surface area contributed by atoms with Crippen molar-refractivity contribution in [2.24, 2.45) is 5.92 Å². The number of amides is 1. The zero-order valence-electron chi connectivity index (χ0n) is 16.2. The lowest BCUT2D eigenvalue weighted by Crippen LogP contribution is -2.44. The number of halogens is 1. The van der Waals surface area contributed by atoms with Gasteiger partial charge in [-0.25, -0.2) is 0 Å². The molecule has 1 aromatic heterocycles. The first-order chi connectivity index (χ1) is 13.2. The van der Waals surface area contributed by atoms with Crippen LogP contribution in [0.1, 0.15) is 44.0 Å². The molecule has 1 saturated carbocycles. The van der Waals surface area contributed by atoms with E-state index in [4.69, 9.17) is 4.52 Å². The smallest absolute Gasteiger partial charge is 0.258 e. The maximum absolute atomic E-state index is 12.5. The van der Waals surface area contributed by atoms with Gasteiger partial charge < -0.3 is 15.2 Å². The van der Waals surface area contributed by atoms with Gasteiger partial charge >= 0.3 is 0 Å². The van der Waals surface area contributed by atoms with Crippen LogP contribution in [0.3, 0.4) is 0 Å². The molecule has 2 N–H and O–H groups in total. The largest absolute Gasteiger partial charge is 0.334 e. The van der Waals surface area contributed by atoms with Gasteiger partial charge in [-0.05, 0) is 38.1 Å². The van der Waals surface area contributed by atoms with Gasteiger partial charge in [-0.2, -0.15) is 4.98 Å². The lowest BCUT2D eigenvalue weighted by atomic mass is 9.88. The highest BCUT2D eigenvalue weighted by Crippen LogP contribution is 2.27. The number of likely N-dealkylation sites (N-methyl/N-ethyl adjacent to an activating group) is 1. The van der Waals surface area contributed by atoms with Gasteiger partial charge in [0.15, 0.2) is 5.82 Å². The average Bonchev–Trinajstić information content (AvgIpc) is 3.19. The van der Waals surface area contributed by atoms with Gasteiger partial charge in [-0.3, -0.25) is 9.69 Å². The van der Waals surface area contributed by atoms with E-state index in [1.807, 2.05) is 24.3 Å². The van der Waals surface area contributed by atoms with E-state index in [9.17, 15) is 4.79 Å². The molecule has 1 unspecified atom stereocenters. The Morgan fingerprint density at radius 3 is 2.89 bits per heavy atom. The molecule has 2 heterocycles. The Hall–Kier alpha value is -1.96. The molecule has 7 nitrogen and oxygen atoms in total. The van der Waals surface area contributed by atoms with Crippen molar-refractivity contribution >= 4 is 24.0 Å². The molecule has 2 aromatic rings. The second-order valence-corrected chi connectivity index (χ2v) is 7.56. The number of anilines is 1. The first-order valence-electron chi connectivity index (χ1n) is 9.86. The van der Waals surface area contributed by atoms with Crippen LogP contribution in [0.15, 0.2) is 28.8 Å². The molecule has 0 bridgehead atoms. The van der Waals surface area contributed by atoms with E-state index >= 15 is 0 Å². The van der Waals surface area contributed by atoms with Crippen molar-refractivity contribution in [1.82, 2.24) is 20.4 Å². The number of benzene rings is 1. The highest BCUT2D eigenvalue weighted by molar-refractivity contribution is 5.93. The van der Waals surface area contributed by atoms with Gasteiger partial charge in [0.2, 0.25) is 5.91 Å². The minimum Gasteiger partial charge on any atom is -0.334 e. The number of hydrogen-bond donors (Lipinski definition) is 2. The van der Waals surface area contributed by atoms with Crippen LogP contribution >= 0.6 is 12.4 Å². The SMILES string of the molecule is CN1CCNCC1c1noc(-c2cccc(NC(=O)C3CCCCC3)c2)n1.Cl. The minimum absolute atomic E-state index is 0. The van der Waals surface area contributed by atoms with E-state index in [0.29, 0.717) is 11.7 Å². The summed E-state index contributed by atoms with van der Waals surface area (Å²) >= 11 is 0. The molecular formula is C20H28ClN5O2. The second kappa shape index (κ2) is 9.49. The number of piperazine rings is 1. The molecule has 2 fully saturated rings. The summed E-state index contributed by atoms with van der Waals surface area (Å²) in [6.45, 7) is 2.74. The Morgan fingerprint density at radius 1 is 1.29 bits per heavy atom. The number of nitrogens with zero attached hydrogens (tertiary/aromatic N) is 3. The molecule has 152 valence electrons. The van der Waals surface area contributed by atoms with Gasteiger partial charge in [0.1, 0.15) is 0 Å². The molecule has 1 aromatic carbocycles. The average molecular weight is 406 g/mol. The Balaban J connectivity index is 0.00000225. The summed E-state index contributed by atoms with van der Waals surface area (Å²) in [5, 5.41) is 10.6. The van der Waals surface area contributed by atoms with Crippen LogP contribution in [0.2, 0.25) is 0 Å². The van der Waals surface area contributed by atoms with E-state index in [0.717, 1.165) is 56.6 Å². The maximum atomic E-state index is 12.5. The first-order valence-corrected chi connectivity index (χ1v) is 9.86. The molecule has 1 aliphatic heterocycles. The summed E-state index contributed by atoms with van der Waals surface area (Å²) < 4.78 is 5.50. The molecular weight excluding hydrogens is 378 g/mol. The predicted molar refractivity (Wildman–Crippen MR) is 110 cm³/mol. The van der Waals surface area contributed by atoms with Crippen LogP contribution in [0.4, 0.5) is 5.69 Å². The molecule has 2 aliphatic rings. The van der Waals surface area contributed by atoms with Crippen molar-refractivity contribution in [3.63, 3.8) is 0 Å². The highest BCUT2D eigenvalue weighted by Gasteiger charge is 2.26. The van der Waals surface area contributed by atoms with Crippen LogP contribution in [0.25, 0.3) is 11.5 Å². The van der Waals surface area contributed by atoms with Crippen LogP contribution in [-0.2, 0) is 4.79 Å². The number of hydrogen-bond acceptors (Lipinski definition) is 6. The fourth-order valence-electron chi connectivity index (χ4n) is 3.92. The summed E-state index contributed by atoms with van der Waals surface area (Å²) in [7, 11) is 2.07. The number of nitrogens with one attached hydrogen (secondary N) is 2. The van der Waals surface area contributed by atoms with Crippen LogP contribution < -0.4 is 10.6 Å². The topological polar surface area (TPSA) is 83.3 Å². The fraction of sp³-hybridized carbons (Fsp3) is 0.550. The normalized spacial score (nSPS) is 21.1. The number of carbonyl (C=O) groups excluding carboxylic acids is 1. The van der Waals surface area contributed by atoms with Crippen molar-refractivity contribution in [3.05, 3.63) is 30.1 Å². The van der Waals surface area contributed by atoms with Gasteiger partial charge in [-0.15, -0.1) is 12.4 Å². The van der Waals surface area contributed by atoms with Gasteiger partial charge in [0, 0.05) is 36.8 Å². The van der Waals surface area contributed by atoms with Crippen molar-refractivity contribution < 1.29 is 9.32 Å². The lowest BCUT2D eigenvalue weighted by Gasteiger charge is -2.30. The van der Waals surface area contributed by atoms with Crippen LogP contribution in [-0.4, -0.2) is 47.6 Å². The van der Waals surface area contributed by atoms with Crippen LogP contribution in [0.5, 0.6) is 0 Å². The summed E-state index contributed by atoms with van der Waals surface area (Å²) in [5.74, 6) is 1.42. The van der Waals surface area contributed by atoms with Crippen molar-refractivity contribution in [2.45, 2.75) is 38.1 Å². The standard InChI is InChI=1S/C20H27N5O2.ClH/c1-25-11-10-21-13-17(25)18-23-20(27-24-18)15-8-5-9-16(12-15)22-19(26)14-6-3-2-4-7-14;/h5,8-9,12,14,17,21H,2-4,6-7,10-11,13H2,1H3,(H,22,26);1H. The van der Waals surface area contributed by atoms with E-state index in [1.54, 1.807) is 0 Å². The number of carbonyl (C=O) groups is 1. The van der Waals surface area contributed by atoms with E-state index in [1.165, 1.54) is 6.42 Å². The Bertz CT molecular complexity index is 790. The zero-order valence-corrected chi connectivity index (χ0v) is 17.0. The third-order valence-electron chi connectivity index (χ3n) is 5.60. The van der Waals surface area contributed by atoms with Gasteiger partial charge in [0.25, 0.3) is 5.89 Å². The summed E-state index contributed by atoms with van der Waals surface area (Å²) in [6, 6.07) is 7.76. The van der Waals surface area contributed by atoms with Crippen molar-refractivity contribution in [2.75, 3.05) is 32.0 Å². The summed E-state index contributed by atoms with van der Waals surface area (Å²) in [5.41, 5.74) is 1.60. The quantitative estimate of drug-likeness (QED) is 0.812. The monoisotopic (exact) mass is 405 g/mol. The molecule has 1 aliphatic carbocycles. The van der Waals surface area contributed by atoms with E-state index in [-0.39, 0.29) is 30.3 Å². The van der Waals surface area contributed by atoms with Crippen LogP contribution in [0, 0.1) is 5.92 Å². The molecule has 28 heavy (non-hydrogen) atoms. The number of aromatic nitrogens is 2. The van der Waals surface area contributed by atoms with Gasteiger partial charge in [0.05, 0.1) is 6.04 Å². The summed E-state index contributed by atoms with van der Waals surface area (Å²) in [6.07, 6.45) is 5.51. The minimum atomic E-state index is 0. The first kappa shape index (κ1) is 20.8. The lowest BCUT2D eigenvalue weighted by molar-refractivity contribution is -0.120. The molecule has 1 atom stereocenters. The Labute approximate surface area is 171 Å². The third-order valence-corrected chi connectivity index (χ3v) is 5.60. The number of rotatable bonds is 4. The Morgan fingerprint density at radius 2 is 2.11 bits per heavy atom. The molecule has 1 amide bonds. The molecule has 1 saturated heterocycles. The summed E-state index contributed by atoms with van der Waals surface area (Å²) in [4.78, 5) is 19.3. The maximum Gasteiger partial charge on any atom is 0.258 e. The van der Waals surface area contributed by atoms with E-state index < -0.39 is 0 Å². The second-order valence-electron chi connectivity index (χ2n) is 7.56. The van der Waals surface area contributed by atoms with Gasteiger partial charge in [-0.1, -0.05) is 30.5 Å². The van der Waals surface area contributed by atoms with E-state index in [2.05, 4.69) is 32.7 Å². The van der Waals surface area contributed by atoms with Crippen molar-refractivity contribution in [3.8, 4) is 11.5 Å².